The van der Waals surface area contributed by atoms with Crippen LogP contribution < -0.4 is 0 Å². The quantitative estimate of drug-likeness (QED) is 0.101. The Balaban J connectivity index is 0.532. The van der Waals surface area contributed by atoms with Crippen LogP contribution in [0, 0.1) is 93.7 Å². The largest absolute Gasteiger partial charge is 0.465 e. The Labute approximate surface area is 280 Å². The van der Waals surface area contributed by atoms with Crippen LogP contribution in [0.3, 0.4) is 0 Å². The summed E-state index contributed by atoms with van der Waals surface area (Å²) in [4.78, 5) is 31.7. The second-order valence-corrected chi connectivity index (χ2v) is 18.4. The number of carbonyl (C=O) groups excluding carboxylic acids is 2. The first kappa shape index (κ1) is 28.9. The van der Waals surface area contributed by atoms with Crippen molar-refractivity contribution in [2.75, 3.05) is 32.8 Å². The second kappa shape index (κ2) is 10.3. The normalized spacial score (nSPS) is 48.0. The van der Waals surface area contributed by atoms with Gasteiger partial charge in [-0.05, 0) is 135 Å². The van der Waals surface area contributed by atoms with Crippen molar-refractivity contribution < 1.29 is 19.1 Å². The molecule has 0 bridgehead atoms. The Hall–Kier alpha value is -1.89. The number of hydrogen-bond acceptors (Lipinski definition) is 6. The third-order valence-corrected chi connectivity index (χ3v) is 17.5. The van der Waals surface area contributed by atoms with Gasteiger partial charge in [-0.3, -0.25) is 9.59 Å². The lowest BCUT2D eigenvalue weighted by molar-refractivity contribution is -0.617. The number of ether oxygens (including phenoxy) is 2. The average Bonchev–Trinajstić information content (AvgIpc) is 3.62. The number of nitrogens with zero attached hydrogens (tertiary/aromatic N) is 3. The van der Waals surface area contributed by atoms with Crippen molar-refractivity contribution in [2.24, 2.45) is 93.7 Å². The average molecular weight is 642 g/mol. The van der Waals surface area contributed by atoms with E-state index in [0.717, 1.165) is 141 Å². The van der Waals surface area contributed by atoms with Crippen molar-refractivity contribution in [3.8, 4) is 0 Å². The van der Waals surface area contributed by atoms with Gasteiger partial charge in [0, 0.05) is 42.6 Å². The molecule has 0 saturated heterocycles. The van der Waals surface area contributed by atoms with Crippen LogP contribution in [0.2, 0.25) is 0 Å². The third-order valence-electron chi connectivity index (χ3n) is 17.5. The molecule has 1 heterocycles. The molecule has 0 radical (unpaired) electrons. The lowest BCUT2D eigenvalue weighted by atomic mass is 8.96. The van der Waals surface area contributed by atoms with E-state index in [1.54, 1.807) is 0 Å². The summed E-state index contributed by atoms with van der Waals surface area (Å²) in [6, 6.07) is 0. The van der Waals surface area contributed by atoms with E-state index in [2.05, 4.69) is 20.6 Å². The Bertz CT molecular complexity index is 1230. The van der Waals surface area contributed by atoms with Crippen LogP contribution in [0.5, 0.6) is 0 Å². The molecule has 12 aliphatic rings. The smallest absolute Gasteiger partial charge is 0.305 e. The number of aromatic nitrogens is 2. The minimum Gasteiger partial charge on any atom is -0.465 e. The van der Waals surface area contributed by atoms with Crippen LogP contribution in [-0.4, -0.2) is 59.2 Å². The number of hydrogen-bond donors (Lipinski definition) is 0. The molecular formula is C40H55N3O4. The summed E-state index contributed by atoms with van der Waals surface area (Å²) in [5, 5.41) is 0. The minimum atomic E-state index is 0.0611. The lowest BCUT2D eigenvalue weighted by Gasteiger charge is -3.07. The molecule has 0 atom stereocenters. The van der Waals surface area contributed by atoms with Gasteiger partial charge in [-0.15, -0.1) is 0 Å². The number of unbranched alkanes of at least 4 members (excludes halogenated alkanes) is 8. The molecule has 0 unspecified atom stereocenters. The van der Waals surface area contributed by atoms with E-state index in [0.29, 0.717) is 23.7 Å². The summed E-state index contributed by atoms with van der Waals surface area (Å²) >= 11 is 0. The van der Waals surface area contributed by atoms with Gasteiger partial charge in [0.25, 0.3) is 0 Å². The van der Waals surface area contributed by atoms with Crippen LogP contribution in [0.25, 0.3) is 0 Å². The molecule has 1 aromatic heterocycles. The first-order valence-corrected chi connectivity index (χ1v) is 20.2. The van der Waals surface area contributed by atoms with Crippen molar-refractivity contribution in [2.45, 2.75) is 90.0 Å². The SMILES string of the molecule is O=C(CCCCCCCN(CCCCCCCC(=O)OCC12C3C4C5C3C1C5C42)CCCn1ccnc1)OCC12C3C4C5C3C1C5C42. The van der Waals surface area contributed by atoms with Gasteiger partial charge in [0.2, 0.25) is 0 Å². The first-order valence-electron chi connectivity index (χ1n) is 20.2. The Morgan fingerprint density at radius 3 is 1.45 bits per heavy atom. The first-order chi connectivity index (χ1) is 23.2. The molecule has 12 saturated carbocycles. The van der Waals surface area contributed by atoms with Crippen LogP contribution in [0.15, 0.2) is 18.7 Å². The van der Waals surface area contributed by atoms with E-state index in [4.69, 9.17) is 9.47 Å². The third kappa shape index (κ3) is 3.43. The fraction of sp³-hybridized carbons (Fsp3) is 0.875. The monoisotopic (exact) mass is 641 g/mol. The zero-order chi connectivity index (χ0) is 31.1. The minimum absolute atomic E-state index is 0.0611. The predicted molar refractivity (Wildman–Crippen MR) is 174 cm³/mol. The zero-order valence-electron chi connectivity index (χ0n) is 28.2. The molecule has 0 aromatic carbocycles. The highest BCUT2D eigenvalue weighted by molar-refractivity contribution is 5.70. The molecule has 12 aliphatic carbocycles. The molecule has 12 fully saturated rings. The van der Waals surface area contributed by atoms with Gasteiger partial charge in [-0.25, -0.2) is 4.98 Å². The zero-order valence-corrected chi connectivity index (χ0v) is 28.2. The Kier molecular flexibility index (Phi) is 6.35. The van der Waals surface area contributed by atoms with Crippen LogP contribution in [-0.2, 0) is 25.6 Å². The van der Waals surface area contributed by atoms with E-state index >= 15 is 0 Å². The van der Waals surface area contributed by atoms with Crippen molar-refractivity contribution in [3.05, 3.63) is 18.7 Å². The molecule has 7 nitrogen and oxygen atoms in total. The second-order valence-electron chi connectivity index (χ2n) is 18.4. The topological polar surface area (TPSA) is 73.7 Å². The van der Waals surface area contributed by atoms with E-state index in [-0.39, 0.29) is 11.9 Å². The van der Waals surface area contributed by atoms with Gasteiger partial charge in [-0.2, -0.15) is 0 Å². The summed E-state index contributed by atoms with van der Waals surface area (Å²) in [6.07, 6.45) is 19.8. The van der Waals surface area contributed by atoms with E-state index in [9.17, 15) is 9.59 Å². The number of esters is 2. The van der Waals surface area contributed by atoms with Crippen molar-refractivity contribution in [1.29, 1.82) is 0 Å². The maximum Gasteiger partial charge on any atom is 0.305 e. The maximum absolute atomic E-state index is 12.4. The number of aryl methyl sites for hydroxylation is 1. The number of carbonyl (C=O) groups is 2. The van der Waals surface area contributed by atoms with Gasteiger partial charge in [0.05, 0.1) is 19.5 Å². The molecule has 1 aromatic rings. The molecular weight excluding hydrogens is 586 g/mol. The van der Waals surface area contributed by atoms with Crippen molar-refractivity contribution in [1.82, 2.24) is 14.5 Å². The predicted octanol–water partition coefficient (Wildman–Crippen LogP) is 6.08. The molecule has 0 spiro atoms. The molecule has 0 amide bonds. The highest BCUT2D eigenvalue weighted by Gasteiger charge is 3.05. The van der Waals surface area contributed by atoms with Gasteiger partial charge >= 0.3 is 11.9 Å². The highest BCUT2D eigenvalue weighted by atomic mass is 16.5. The molecule has 254 valence electrons. The summed E-state index contributed by atoms with van der Waals surface area (Å²) in [5.41, 5.74) is 0.999. The van der Waals surface area contributed by atoms with Gasteiger partial charge in [0.15, 0.2) is 0 Å². The molecule has 7 heteroatoms. The van der Waals surface area contributed by atoms with Crippen LogP contribution >= 0.6 is 0 Å². The van der Waals surface area contributed by atoms with Gasteiger partial charge < -0.3 is 18.9 Å². The van der Waals surface area contributed by atoms with Crippen LogP contribution in [0.4, 0.5) is 0 Å². The van der Waals surface area contributed by atoms with E-state index in [1.165, 1.54) is 51.6 Å². The molecule has 0 aliphatic heterocycles. The standard InChI is InChI=1S/C40H55N3O4/c44-23(46-20-39-33-27-25-28(33)35(39)29(25)34(27)39)12-7-3-1-5-9-15-42(17-11-18-43-19-14-41-22-43)16-10-6-2-4-8-13-24(45)47-21-40-36-30-26-31(36)38(40)32(26)37(30)40/h14,19,22,25-38H,1-13,15-18,20-21H2. The fourth-order valence-corrected chi connectivity index (χ4v) is 16.0. The van der Waals surface area contributed by atoms with E-state index < -0.39 is 0 Å². The van der Waals surface area contributed by atoms with Crippen LogP contribution in [0.1, 0.15) is 83.5 Å². The Morgan fingerprint density at radius 1 is 0.574 bits per heavy atom. The molecule has 13 rings (SSSR count). The summed E-state index contributed by atoms with van der Waals surface area (Å²) in [7, 11) is 0. The lowest BCUT2D eigenvalue weighted by Crippen LogP contribution is -3.06. The van der Waals surface area contributed by atoms with E-state index in [1.807, 2.05) is 12.5 Å². The summed E-state index contributed by atoms with van der Waals surface area (Å²) < 4.78 is 13.8. The fourth-order valence-electron chi connectivity index (χ4n) is 16.0. The molecule has 0 N–H and O–H groups in total. The highest BCUT2D eigenvalue weighted by Crippen LogP contribution is 3.06. The number of rotatable bonds is 24. The summed E-state index contributed by atoms with van der Waals surface area (Å²) in [5.74, 6) is 14.6. The summed E-state index contributed by atoms with van der Waals surface area (Å²) in [6.45, 7) is 6.02. The van der Waals surface area contributed by atoms with Gasteiger partial charge in [-0.1, -0.05) is 38.5 Å². The Morgan fingerprint density at radius 2 is 1.00 bits per heavy atom. The number of imidazole rings is 1. The van der Waals surface area contributed by atoms with Gasteiger partial charge in [0.1, 0.15) is 0 Å². The maximum atomic E-state index is 12.4. The van der Waals surface area contributed by atoms with Crippen molar-refractivity contribution >= 4 is 11.9 Å². The molecule has 47 heavy (non-hydrogen) atoms. The van der Waals surface area contributed by atoms with Crippen molar-refractivity contribution in [3.63, 3.8) is 0 Å².